The zero-order chi connectivity index (χ0) is 21.3. The molecule has 0 aromatic heterocycles. The van der Waals surface area contributed by atoms with Crippen LogP contribution < -0.4 is 37.8 Å². The molecular formula is C16H18N8S8. The van der Waals surface area contributed by atoms with Gasteiger partial charge in [0, 0.05) is 87.8 Å². The maximum Gasteiger partial charge on any atom is 0.103 e. The second kappa shape index (κ2) is 10.9. The van der Waals surface area contributed by atoms with Gasteiger partial charge in [0.25, 0.3) is 0 Å². The highest BCUT2D eigenvalue weighted by atomic mass is 33.1. The predicted molar refractivity (Wildman–Crippen MR) is 149 cm³/mol. The minimum Gasteiger partial charge on any atom is -0.232 e. The van der Waals surface area contributed by atoms with Gasteiger partial charge in [0.2, 0.25) is 0 Å². The minimum atomic E-state index is 0.102. The van der Waals surface area contributed by atoms with Gasteiger partial charge in [-0.1, -0.05) is 0 Å². The van der Waals surface area contributed by atoms with Crippen LogP contribution in [0.1, 0.15) is 46.9 Å². The molecule has 170 valence electrons. The summed E-state index contributed by atoms with van der Waals surface area (Å²) in [6.45, 7) is 0. The molecule has 2 aromatic carbocycles. The van der Waals surface area contributed by atoms with E-state index in [0.29, 0.717) is 0 Å². The lowest BCUT2D eigenvalue weighted by atomic mass is 9.94. The van der Waals surface area contributed by atoms with Crippen molar-refractivity contribution in [1.82, 2.24) is 37.8 Å². The Balaban J connectivity index is 1.43. The minimum absolute atomic E-state index is 0.102. The molecule has 0 radical (unpaired) electrons. The molecule has 4 heterocycles. The SMILES string of the molecule is c1c(-c2cc(C3NSSN3)cc(C3NSSN3)c2)cc(C2NSSN2)cc1C1NSSN1. The first-order chi connectivity index (χ1) is 15.8. The van der Waals surface area contributed by atoms with Crippen molar-refractivity contribution in [2.75, 3.05) is 0 Å². The number of benzene rings is 2. The van der Waals surface area contributed by atoms with Crippen molar-refractivity contribution in [3.8, 4) is 11.1 Å². The highest BCUT2D eigenvalue weighted by molar-refractivity contribution is 8.76. The molecule has 0 atom stereocenters. The lowest BCUT2D eigenvalue weighted by Crippen LogP contribution is -2.22. The fourth-order valence-electron chi connectivity index (χ4n) is 3.57. The van der Waals surface area contributed by atoms with Crippen LogP contribution in [-0.2, 0) is 0 Å². The summed E-state index contributed by atoms with van der Waals surface area (Å²) >= 11 is 0. The summed E-state index contributed by atoms with van der Waals surface area (Å²) in [5, 5.41) is 0. The molecule has 0 bridgehead atoms. The van der Waals surface area contributed by atoms with Gasteiger partial charge in [0.15, 0.2) is 0 Å². The number of hydrogen-bond donors (Lipinski definition) is 8. The molecular weight excluding hydrogens is 561 g/mol. The molecule has 4 saturated heterocycles. The Labute approximate surface area is 218 Å². The van der Waals surface area contributed by atoms with Gasteiger partial charge in [-0.25, -0.2) is 37.8 Å². The lowest BCUT2D eigenvalue weighted by molar-refractivity contribution is 0.656. The van der Waals surface area contributed by atoms with Gasteiger partial charge in [-0.2, -0.15) is 0 Å². The maximum atomic E-state index is 3.45. The standard InChI is InChI=1S/C16H18N8S8/c1-7(2-10(14-19-27-28-20-14)5-9(1)13-17-25-26-18-13)8-3-11(15-21-29-30-22-15)6-12(4-8)16-23-31-32-24-16/h1-6,13-24H. The van der Waals surface area contributed by atoms with E-state index in [1.807, 2.05) is 0 Å². The van der Waals surface area contributed by atoms with Crippen LogP contribution in [0.4, 0.5) is 0 Å². The molecule has 8 nitrogen and oxygen atoms in total. The predicted octanol–water partition coefficient (Wildman–Crippen LogP) is 4.96. The molecule has 32 heavy (non-hydrogen) atoms. The average molecular weight is 579 g/mol. The van der Waals surface area contributed by atoms with Gasteiger partial charge >= 0.3 is 0 Å². The van der Waals surface area contributed by atoms with Crippen molar-refractivity contribution in [2.24, 2.45) is 0 Å². The van der Waals surface area contributed by atoms with E-state index in [9.17, 15) is 0 Å². The van der Waals surface area contributed by atoms with Crippen molar-refractivity contribution in [2.45, 2.75) is 24.7 Å². The molecule has 0 saturated carbocycles. The van der Waals surface area contributed by atoms with Crippen LogP contribution in [-0.4, -0.2) is 0 Å². The summed E-state index contributed by atoms with van der Waals surface area (Å²) in [5.74, 6) is 0. The number of rotatable bonds is 5. The zero-order valence-electron chi connectivity index (χ0n) is 16.0. The van der Waals surface area contributed by atoms with Crippen molar-refractivity contribution in [3.05, 3.63) is 58.7 Å². The van der Waals surface area contributed by atoms with Crippen LogP contribution in [0.25, 0.3) is 11.1 Å². The van der Waals surface area contributed by atoms with Gasteiger partial charge in [0.05, 0.1) is 0 Å². The second-order valence-electron chi connectivity index (χ2n) is 7.12. The Kier molecular flexibility index (Phi) is 7.94. The third-order valence-corrected chi connectivity index (χ3v) is 11.4. The van der Waals surface area contributed by atoms with Gasteiger partial charge in [0.1, 0.15) is 24.7 Å². The van der Waals surface area contributed by atoms with Crippen LogP contribution in [0.5, 0.6) is 0 Å². The quantitative estimate of drug-likeness (QED) is 0.181. The summed E-state index contributed by atoms with van der Waals surface area (Å²) < 4.78 is 27.6. The molecule has 4 aliphatic heterocycles. The molecule has 6 rings (SSSR count). The molecule has 2 aromatic rings. The first kappa shape index (κ1) is 23.3. The van der Waals surface area contributed by atoms with Gasteiger partial charge in [-0.3, -0.25) is 0 Å². The Morgan fingerprint density at radius 3 is 0.781 bits per heavy atom. The fourth-order valence-corrected chi connectivity index (χ4v) is 10.0. The van der Waals surface area contributed by atoms with E-state index in [2.05, 4.69) is 74.2 Å². The van der Waals surface area contributed by atoms with Crippen LogP contribution >= 0.6 is 87.8 Å². The number of nitrogens with one attached hydrogen (secondary N) is 8. The fraction of sp³-hybridized carbons (Fsp3) is 0.250. The van der Waals surface area contributed by atoms with E-state index in [-0.39, 0.29) is 24.7 Å². The zero-order valence-corrected chi connectivity index (χ0v) is 22.6. The van der Waals surface area contributed by atoms with Crippen LogP contribution in [0, 0.1) is 0 Å². The normalized spacial score (nSPS) is 23.6. The summed E-state index contributed by atoms with van der Waals surface area (Å²) in [6.07, 6.45) is 0.407. The largest absolute Gasteiger partial charge is 0.232 e. The van der Waals surface area contributed by atoms with Crippen LogP contribution in [0.2, 0.25) is 0 Å². The summed E-state index contributed by atoms with van der Waals surface area (Å²) in [4.78, 5) is 0. The van der Waals surface area contributed by atoms with Gasteiger partial charge < -0.3 is 0 Å². The van der Waals surface area contributed by atoms with Gasteiger partial charge in [-0.15, -0.1) is 0 Å². The van der Waals surface area contributed by atoms with E-state index in [1.54, 1.807) is 87.8 Å². The van der Waals surface area contributed by atoms with E-state index in [0.717, 1.165) is 0 Å². The van der Waals surface area contributed by atoms with Crippen molar-refractivity contribution < 1.29 is 0 Å². The molecule has 0 spiro atoms. The molecule has 0 unspecified atom stereocenters. The maximum absolute atomic E-state index is 3.45. The molecule has 8 N–H and O–H groups in total. The van der Waals surface area contributed by atoms with Gasteiger partial charge in [-0.05, 0) is 69.8 Å². The molecule has 0 amide bonds. The molecule has 4 fully saturated rings. The van der Waals surface area contributed by atoms with Crippen molar-refractivity contribution in [1.29, 1.82) is 0 Å². The monoisotopic (exact) mass is 578 g/mol. The first-order valence-corrected chi connectivity index (χ1v) is 18.1. The highest BCUT2D eigenvalue weighted by Crippen LogP contribution is 2.39. The molecule has 0 aliphatic carbocycles. The lowest BCUT2D eigenvalue weighted by Gasteiger charge is -2.20. The smallest absolute Gasteiger partial charge is 0.103 e. The third-order valence-electron chi connectivity index (χ3n) is 5.12. The van der Waals surface area contributed by atoms with Crippen LogP contribution in [0.15, 0.2) is 36.4 Å². The Bertz CT molecular complexity index is 815. The average Bonchev–Trinajstić information content (AvgIpc) is 3.67. The van der Waals surface area contributed by atoms with Crippen molar-refractivity contribution in [3.63, 3.8) is 0 Å². The van der Waals surface area contributed by atoms with E-state index >= 15 is 0 Å². The topological polar surface area (TPSA) is 96.2 Å². The summed E-state index contributed by atoms with van der Waals surface area (Å²) in [5.41, 5.74) is 7.29. The van der Waals surface area contributed by atoms with Crippen molar-refractivity contribution >= 4 is 87.8 Å². The first-order valence-electron chi connectivity index (χ1n) is 9.48. The summed E-state index contributed by atoms with van der Waals surface area (Å²) in [6, 6.07) is 13.7. The molecule has 16 heteroatoms. The Hall–Kier alpha value is 0.920. The third kappa shape index (κ3) is 5.21. The second-order valence-corrected chi connectivity index (χ2v) is 14.3. The Morgan fingerprint density at radius 1 is 0.344 bits per heavy atom. The Morgan fingerprint density at radius 2 is 0.562 bits per heavy atom. The number of hydrogen-bond acceptors (Lipinski definition) is 16. The molecule has 4 aliphatic rings. The van der Waals surface area contributed by atoms with E-state index in [1.165, 1.54) is 33.4 Å². The van der Waals surface area contributed by atoms with E-state index in [4.69, 9.17) is 0 Å². The van der Waals surface area contributed by atoms with Crippen LogP contribution in [0.3, 0.4) is 0 Å². The van der Waals surface area contributed by atoms with E-state index < -0.39 is 0 Å². The highest BCUT2D eigenvalue weighted by Gasteiger charge is 2.25. The summed E-state index contributed by atoms with van der Waals surface area (Å²) in [7, 11) is 13.0.